The summed E-state index contributed by atoms with van der Waals surface area (Å²) in [7, 11) is 0. The van der Waals surface area contributed by atoms with Gasteiger partial charge >= 0.3 is 0 Å². The maximum atomic E-state index is 5.97. The van der Waals surface area contributed by atoms with Crippen LogP contribution in [0.15, 0.2) is 34.9 Å². The van der Waals surface area contributed by atoms with E-state index in [1.165, 1.54) is 44.3 Å². The zero-order valence-electron chi connectivity index (χ0n) is 10.9. The van der Waals surface area contributed by atoms with Crippen molar-refractivity contribution in [3.05, 3.63) is 34.9 Å². The summed E-state index contributed by atoms with van der Waals surface area (Å²) < 4.78 is 0. The van der Waals surface area contributed by atoms with Gasteiger partial charge in [-0.3, -0.25) is 4.90 Å². The Morgan fingerprint density at radius 2 is 1.88 bits per heavy atom. The van der Waals surface area contributed by atoms with Gasteiger partial charge in [-0.05, 0) is 63.8 Å². The van der Waals surface area contributed by atoms with E-state index in [2.05, 4.69) is 30.6 Å². The molecule has 0 aromatic carbocycles. The molecular formula is C15H22ClN. The van der Waals surface area contributed by atoms with Crippen molar-refractivity contribution >= 4 is 11.6 Å². The van der Waals surface area contributed by atoms with Crippen LogP contribution in [0.25, 0.3) is 0 Å². The number of halogens is 1. The van der Waals surface area contributed by atoms with Crippen LogP contribution in [-0.4, -0.2) is 23.5 Å². The number of nitrogens with zero attached hydrogens (tertiary/aromatic N) is 1. The second kappa shape index (κ2) is 4.99. The smallest absolute Gasteiger partial charge is 0.0458 e. The summed E-state index contributed by atoms with van der Waals surface area (Å²) in [6.45, 7) is 10.5. The summed E-state index contributed by atoms with van der Waals surface area (Å²) >= 11 is 5.97. The topological polar surface area (TPSA) is 3.24 Å². The van der Waals surface area contributed by atoms with Gasteiger partial charge in [-0.2, -0.15) is 0 Å². The lowest BCUT2D eigenvalue weighted by atomic mass is 9.84. The molecule has 0 amide bonds. The number of hydrogen-bond donors (Lipinski definition) is 0. The van der Waals surface area contributed by atoms with Gasteiger partial charge in [-0.15, -0.1) is 0 Å². The molecule has 0 atom stereocenters. The zero-order chi connectivity index (χ0) is 12.5. The third-order valence-corrected chi connectivity index (χ3v) is 4.59. The highest BCUT2D eigenvalue weighted by Gasteiger charge is 2.45. The molecule has 0 aromatic rings. The van der Waals surface area contributed by atoms with Crippen LogP contribution in [0.3, 0.4) is 0 Å². The lowest BCUT2D eigenvalue weighted by Crippen LogP contribution is -2.39. The monoisotopic (exact) mass is 251 g/mol. The van der Waals surface area contributed by atoms with Crippen LogP contribution in [0.2, 0.25) is 0 Å². The summed E-state index contributed by atoms with van der Waals surface area (Å²) in [6.07, 6.45) is 9.74. The second-order valence-electron chi connectivity index (χ2n) is 5.20. The van der Waals surface area contributed by atoms with Crippen molar-refractivity contribution in [2.75, 3.05) is 13.1 Å². The third kappa shape index (κ3) is 2.23. The van der Waals surface area contributed by atoms with Crippen molar-refractivity contribution < 1.29 is 0 Å². The van der Waals surface area contributed by atoms with Crippen LogP contribution < -0.4 is 0 Å². The summed E-state index contributed by atoms with van der Waals surface area (Å²) in [5, 5.41) is 0.656. The van der Waals surface area contributed by atoms with Crippen LogP contribution in [-0.2, 0) is 0 Å². The molecule has 0 radical (unpaired) electrons. The average Bonchev–Trinajstić information content (AvgIpc) is 2.84. The van der Waals surface area contributed by atoms with Gasteiger partial charge in [-0.25, -0.2) is 0 Å². The van der Waals surface area contributed by atoms with Crippen LogP contribution in [0, 0.1) is 0 Å². The van der Waals surface area contributed by atoms with Crippen molar-refractivity contribution in [1.82, 2.24) is 4.90 Å². The highest BCUT2D eigenvalue weighted by atomic mass is 35.5. The second-order valence-corrected chi connectivity index (χ2v) is 5.66. The number of allylic oxidation sites excluding steroid dienone is 3. The molecule has 2 rings (SSSR count). The maximum Gasteiger partial charge on any atom is 0.0458 e. The Hall–Kier alpha value is -0.530. The standard InChI is InChI=1S/C15H22ClN/c1-4-14(11-12(2)13(3)16)15-7-5-9-17(15)10-6-8-15/h4,11H,3,5-10H2,1-2H3/b12-11-,14-4+. The maximum absolute atomic E-state index is 5.97. The Morgan fingerprint density at radius 3 is 2.35 bits per heavy atom. The van der Waals surface area contributed by atoms with Gasteiger partial charge in [0, 0.05) is 10.6 Å². The molecule has 1 nitrogen and oxygen atoms in total. The van der Waals surface area contributed by atoms with Crippen molar-refractivity contribution in [2.45, 2.75) is 45.1 Å². The highest BCUT2D eigenvalue weighted by Crippen LogP contribution is 2.44. The minimum atomic E-state index is 0.308. The third-order valence-electron chi connectivity index (χ3n) is 4.29. The molecule has 0 unspecified atom stereocenters. The van der Waals surface area contributed by atoms with E-state index in [1.54, 1.807) is 0 Å². The van der Waals surface area contributed by atoms with Crippen LogP contribution in [0.4, 0.5) is 0 Å². The first-order valence-electron chi connectivity index (χ1n) is 6.55. The quantitative estimate of drug-likeness (QED) is 0.678. The van der Waals surface area contributed by atoms with E-state index in [0.717, 1.165) is 5.57 Å². The fraction of sp³-hybridized carbons (Fsp3) is 0.600. The lowest BCUT2D eigenvalue weighted by Gasteiger charge is -2.34. The Bertz CT molecular complexity index is 368. The average molecular weight is 252 g/mol. The molecule has 2 aliphatic rings. The predicted octanol–water partition coefficient (Wildman–Crippen LogP) is 4.26. The fourth-order valence-corrected chi connectivity index (χ4v) is 3.43. The molecule has 0 aromatic heterocycles. The highest BCUT2D eigenvalue weighted by molar-refractivity contribution is 6.31. The van der Waals surface area contributed by atoms with Crippen molar-refractivity contribution in [1.29, 1.82) is 0 Å². The minimum Gasteiger partial charge on any atom is -0.294 e. The molecule has 17 heavy (non-hydrogen) atoms. The molecule has 0 aliphatic carbocycles. The largest absolute Gasteiger partial charge is 0.294 e. The van der Waals surface area contributed by atoms with Gasteiger partial charge in [0.1, 0.15) is 0 Å². The molecule has 2 fully saturated rings. The molecule has 2 saturated heterocycles. The van der Waals surface area contributed by atoms with E-state index in [4.69, 9.17) is 11.6 Å². The van der Waals surface area contributed by atoms with Gasteiger partial charge in [-0.1, -0.05) is 30.3 Å². The first-order valence-corrected chi connectivity index (χ1v) is 6.93. The molecule has 2 heterocycles. The number of hydrogen-bond acceptors (Lipinski definition) is 1. The van der Waals surface area contributed by atoms with E-state index in [9.17, 15) is 0 Å². The number of fused-ring (bicyclic) bond motifs is 1. The molecule has 0 spiro atoms. The Labute approximate surface area is 110 Å². The first-order chi connectivity index (χ1) is 8.10. The van der Waals surface area contributed by atoms with Gasteiger partial charge in [0.15, 0.2) is 0 Å². The lowest BCUT2D eigenvalue weighted by molar-refractivity contribution is 0.240. The van der Waals surface area contributed by atoms with Crippen LogP contribution in [0.1, 0.15) is 39.5 Å². The van der Waals surface area contributed by atoms with E-state index >= 15 is 0 Å². The Kier molecular flexibility index (Phi) is 3.79. The Morgan fingerprint density at radius 1 is 1.29 bits per heavy atom. The normalized spacial score (nSPS) is 25.1. The van der Waals surface area contributed by atoms with Gasteiger partial charge in [0.25, 0.3) is 0 Å². The fourth-order valence-electron chi connectivity index (χ4n) is 3.37. The summed E-state index contributed by atoms with van der Waals surface area (Å²) in [5.41, 5.74) is 2.84. The molecule has 0 bridgehead atoms. The summed E-state index contributed by atoms with van der Waals surface area (Å²) in [4.78, 5) is 2.66. The molecular weight excluding hydrogens is 230 g/mol. The van der Waals surface area contributed by atoms with E-state index in [-0.39, 0.29) is 0 Å². The van der Waals surface area contributed by atoms with E-state index in [0.29, 0.717) is 10.6 Å². The van der Waals surface area contributed by atoms with Gasteiger partial charge < -0.3 is 0 Å². The summed E-state index contributed by atoms with van der Waals surface area (Å²) in [5.74, 6) is 0. The molecule has 2 heteroatoms. The zero-order valence-corrected chi connectivity index (χ0v) is 11.7. The summed E-state index contributed by atoms with van der Waals surface area (Å²) in [6, 6.07) is 0. The Balaban J connectivity index is 2.30. The van der Waals surface area contributed by atoms with Crippen molar-refractivity contribution in [3.63, 3.8) is 0 Å². The van der Waals surface area contributed by atoms with Crippen molar-refractivity contribution in [3.8, 4) is 0 Å². The van der Waals surface area contributed by atoms with Crippen molar-refractivity contribution in [2.24, 2.45) is 0 Å². The number of rotatable bonds is 3. The van der Waals surface area contributed by atoms with Crippen LogP contribution in [0.5, 0.6) is 0 Å². The minimum absolute atomic E-state index is 0.308. The van der Waals surface area contributed by atoms with Gasteiger partial charge in [0.05, 0.1) is 0 Å². The molecule has 0 N–H and O–H groups in total. The molecule has 94 valence electrons. The van der Waals surface area contributed by atoms with Crippen LogP contribution >= 0.6 is 11.6 Å². The van der Waals surface area contributed by atoms with Gasteiger partial charge in [0.2, 0.25) is 0 Å². The first kappa shape index (κ1) is 12.9. The molecule has 0 saturated carbocycles. The van der Waals surface area contributed by atoms with E-state index < -0.39 is 0 Å². The SMILES string of the molecule is C=C(Cl)/C(C)=C\C(=C/C)C12CCCN1CCC2. The predicted molar refractivity (Wildman–Crippen MR) is 75.3 cm³/mol. The van der Waals surface area contributed by atoms with E-state index in [1.807, 2.05) is 6.92 Å². The molecule has 2 aliphatic heterocycles.